The highest BCUT2D eigenvalue weighted by Gasteiger charge is 2.28. The van der Waals surface area contributed by atoms with Gasteiger partial charge < -0.3 is 0 Å². The highest BCUT2D eigenvalue weighted by Crippen LogP contribution is 2.40. The van der Waals surface area contributed by atoms with Gasteiger partial charge in [-0.25, -0.2) is 0 Å². The Labute approximate surface area is 161 Å². The maximum absolute atomic E-state index is 3.44. The Morgan fingerprint density at radius 2 is 1.65 bits per heavy atom. The van der Waals surface area contributed by atoms with Crippen LogP contribution in [0.15, 0.2) is 35.9 Å². The van der Waals surface area contributed by atoms with Gasteiger partial charge in [-0.2, -0.15) is 0 Å². The van der Waals surface area contributed by atoms with Crippen LogP contribution >= 0.6 is 0 Å². The second-order valence-electron chi connectivity index (χ2n) is 8.49. The first kappa shape index (κ1) is 19.3. The SMILES string of the molecule is CCCCC1CCC(C2CC=C(C#Cc3ccc(CC)cc3)CC2)CC1. The van der Waals surface area contributed by atoms with Gasteiger partial charge in [0.2, 0.25) is 0 Å². The lowest BCUT2D eigenvalue weighted by molar-refractivity contribution is 0.186. The number of benzene rings is 1. The minimum Gasteiger partial charge on any atom is -0.0726 e. The van der Waals surface area contributed by atoms with Gasteiger partial charge in [-0.15, -0.1) is 0 Å². The van der Waals surface area contributed by atoms with Gasteiger partial charge in [0.1, 0.15) is 0 Å². The average Bonchev–Trinajstić information content (AvgIpc) is 2.72. The normalized spacial score (nSPS) is 25.9. The lowest BCUT2D eigenvalue weighted by Crippen LogP contribution is -2.23. The minimum absolute atomic E-state index is 0.927. The largest absolute Gasteiger partial charge is 0.0726 e. The van der Waals surface area contributed by atoms with Crippen molar-refractivity contribution in [2.24, 2.45) is 17.8 Å². The molecule has 1 atom stereocenters. The molecule has 0 bridgehead atoms. The fraction of sp³-hybridized carbons (Fsp3) is 0.615. The Bertz CT molecular complexity index is 629. The summed E-state index contributed by atoms with van der Waals surface area (Å²) in [5.41, 5.74) is 3.91. The van der Waals surface area contributed by atoms with E-state index in [4.69, 9.17) is 0 Å². The van der Waals surface area contributed by atoms with Crippen LogP contribution in [0.3, 0.4) is 0 Å². The van der Waals surface area contributed by atoms with E-state index in [1.807, 2.05) is 0 Å². The lowest BCUT2D eigenvalue weighted by Gasteiger charge is -2.35. The van der Waals surface area contributed by atoms with Crippen molar-refractivity contribution in [3.63, 3.8) is 0 Å². The van der Waals surface area contributed by atoms with Crippen LogP contribution < -0.4 is 0 Å². The molecule has 0 heteroatoms. The third kappa shape index (κ3) is 5.51. The van der Waals surface area contributed by atoms with Crippen LogP contribution in [0.1, 0.15) is 89.2 Å². The smallest absolute Gasteiger partial charge is 0.0249 e. The summed E-state index contributed by atoms with van der Waals surface area (Å²) >= 11 is 0. The van der Waals surface area contributed by atoms with Crippen molar-refractivity contribution >= 4 is 0 Å². The molecule has 0 spiro atoms. The molecule has 1 aromatic rings. The Morgan fingerprint density at radius 3 is 2.27 bits per heavy atom. The van der Waals surface area contributed by atoms with Gasteiger partial charge in [-0.05, 0) is 79.5 Å². The second kappa shape index (κ2) is 10.0. The van der Waals surface area contributed by atoms with Crippen molar-refractivity contribution in [3.8, 4) is 11.8 Å². The van der Waals surface area contributed by atoms with E-state index < -0.39 is 0 Å². The number of unbranched alkanes of at least 4 members (excludes halogenated alkanes) is 1. The van der Waals surface area contributed by atoms with Crippen LogP contribution in [0.4, 0.5) is 0 Å². The summed E-state index contributed by atoms with van der Waals surface area (Å²) in [7, 11) is 0. The first-order valence-corrected chi connectivity index (χ1v) is 11.1. The molecule has 1 unspecified atom stereocenters. The van der Waals surface area contributed by atoms with Crippen LogP contribution in [-0.4, -0.2) is 0 Å². The van der Waals surface area contributed by atoms with E-state index in [0.717, 1.165) is 29.7 Å². The fourth-order valence-corrected chi connectivity index (χ4v) is 4.81. The predicted molar refractivity (Wildman–Crippen MR) is 113 cm³/mol. The molecule has 140 valence electrons. The molecule has 26 heavy (non-hydrogen) atoms. The van der Waals surface area contributed by atoms with E-state index in [2.05, 4.69) is 56.0 Å². The summed E-state index contributed by atoms with van der Waals surface area (Å²) in [6.45, 7) is 4.52. The summed E-state index contributed by atoms with van der Waals surface area (Å²) in [6, 6.07) is 8.72. The van der Waals surface area contributed by atoms with Gasteiger partial charge in [-0.1, -0.05) is 76.0 Å². The van der Waals surface area contributed by atoms with Crippen LogP contribution in [-0.2, 0) is 6.42 Å². The average molecular weight is 349 g/mol. The predicted octanol–water partition coefficient (Wildman–Crippen LogP) is 7.32. The van der Waals surface area contributed by atoms with E-state index in [9.17, 15) is 0 Å². The summed E-state index contributed by atoms with van der Waals surface area (Å²) in [6.07, 6.45) is 17.6. The molecule has 0 heterocycles. The fourth-order valence-electron chi connectivity index (χ4n) is 4.81. The molecule has 0 amide bonds. The van der Waals surface area contributed by atoms with Crippen molar-refractivity contribution in [2.45, 2.75) is 84.5 Å². The lowest BCUT2D eigenvalue weighted by atomic mass is 9.71. The van der Waals surface area contributed by atoms with Crippen molar-refractivity contribution < 1.29 is 0 Å². The molecule has 3 rings (SSSR count). The van der Waals surface area contributed by atoms with E-state index in [1.54, 1.807) is 0 Å². The topological polar surface area (TPSA) is 0 Å². The Kier molecular flexibility index (Phi) is 7.43. The molecule has 2 aliphatic carbocycles. The van der Waals surface area contributed by atoms with Crippen LogP contribution in [0.2, 0.25) is 0 Å². The van der Waals surface area contributed by atoms with Gasteiger partial charge in [0.05, 0.1) is 0 Å². The molecular weight excluding hydrogens is 312 g/mol. The van der Waals surface area contributed by atoms with E-state index >= 15 is 0 Å². The monoisotopic (exact) mass is 348 g/mol. The minimum atomic E-state index is 0.927. The number of allylic oxidation sites excluding steroid dienone is 2. The van der Waals surface area contributed by atoms with Gasteiger partial charge in [-0.3, -0.25) is 0 Å². The van der Waals surface area contributed by atoms with Crippen molar-refractivity contribution in [1.29, 1.82) is 0 Å². The van der Waals surface area contributed by atoms with Crippen LogP contribution in [0, 0.1) is 29.6 Å². The first-order valence-electron chi connectivity index (χ1n) is 11.1. The van der Waals surface area contributed by atoms with Crippen LogP contribution in [0.5, 0.6) is 0 Å². The summed E-state index contributed by atoms with van der Waals surface area (Å²) in [5, 5.41) is 0. The standard InChI is InChI=1S/C26H36/c1-3-5-6-22-13-17-25(18-14-22)26-19-15-24(16-20-26)12-11-23-9-7-21(4-2)8-10-23/h7-10,15,22,25-26H,3-6,13-14,16-20H2,1-2H3. The molecule has 0 nitrogen and oxygen atoms in total. The molecule has 0 radical (unpaired) electrons. The van der Waals surface area contributed by atoms with Gasteiger partial charge in [0, 0.05) is 5.56 Å². The second-order valence-corrected chi connectivity index (χ2v) is 8.49. The van der Waals surface area contributed by atoms with Crippen molar-refractivity contribution in [3.05, 3.63) is 47.0 Å². The van der Waals surface area contributed by atoms with E-state index in [1.165, 1.54) is 75.3 Å². The zero-order chi connectivity index (χ0) is 18.2. The Balaban J connectivity index is 1.47. The van der Waals surface area contributed by atoms with E-state index in [0.29, 0.717) is 0 Å². The summed E-state index contributed by atoms with van der Waals surface area (Å²) in [4.78, 5) is 0. The molecule has 0 saturated heterocycles. The Morgan fingerprint density at radius 1 is 0.885 bits per heavy atom. The van der Waals surface area contributed by atoms with Crippen LogP contribution in [0.25, 0.3) is 0 Å². The zero-order valence-electron chi connectivity index (χ0n) is 16.9. The quantitative estimate of drug-likeness (QED) is 0.489. The Hall–Kier alpha value is -1.48. The number of hydrogen-bond acceptors (Lipinski definition) is 0. The summed E-state index contributed by atoms with van der Waals surface area (Å²) in [5.74, 6) is 9.75. The van der Waals surface area contributed by atoms with Gasteiger partial charge >= 0.3 is 0 Å². The molecule has 0 N–H and O–H groups in total. The molecule has 2 aliphatic rings. The highest BCUT2D eigenvalue weighted by atomic mass is 14.3. The first-order chi connectivity index (χ1) is 12.8. The molecule has 1 aromatic carbocycles. The number of hydrogen-bond donors (Lipinski definition) is 0. The maximum atomic E-state index is 3.44. The molecular formula is C26H36. The number of rotatable bonds is 5. The zero-order valence-corrected chi connectivity index (χ0v) is 16.9. The van der Waals surface area contributed by atoms with Gasteiger partial charge in [0.15, 0.2) is 0 Å². The van der Waals surface area contributed by atoms with E-state index in [-0.39, 0.29) is 0 Å². The molecule has 0 aliphatic heterocycles. The van der Waals surface area contributed by atoms with Crippen molar-refractivity contribution in [2.75, 3.05) is 0 Å². The highest BCUT2D eigenvalue weighted by molar-refractivity contribution is 5.42. The van der Waals surface area contributed by atoms with Crippen molar-refractivity contribution in [1.82, 2.24) is 0 Å². The van der Waals surface area contributed by atoms with Gasteiger partial charge in [0.25, 0.3) is 0 Å². The number of aryl methyl sites for hydroxylation is 1. The molecule has 0 aromatic heterocycles. The summed E-state index contributed by atoms with van der Waals surface area (Å²) < 4.78 is 0. The molecule has 1 saturated carbocycles. The molecule has 1 fully saturated rings. The third-order valence-electron chi connectivity index (χ3n) is 6.71. The maximum Gasteiger partial charge on any atom is 0.0249 e. The third-order valence-corrected chi connectivity index (χ3v) is 6.71.